The number of nitrogens with two attached hydrogens (primary N) is 1. The van der Waals surface area contributed by atoms with Gasteiger partial charge >= 0.3 is 6.18 Å². The zero-order chi connectivity index (χ0) is 22.8. The summed E-state index contributed by atoms with van der Waals surface area (Å²) >= 11 is 3.05. The van der Waals surface area contributed by atoms with Crippen LogP contribution < -0.4 is 16.4 Å². The van der Waals surface area contributed by atoms with Crippen LogP contribution in [0.15, 0.2) is 41.0 Å². The van der Waals surface area contributed by atoms with Gasteiger partial charge in [0, 0.05) is 11.1 Å². The van der Waals surface area contributed by atoms with Gasteiger partial charge in [-0.05, 0) is 43.7 Å². The SMILES string of the molecule is CC(NC(=O)[C]1CCOC1C(N)=O)c1ccc(Nc2ccc(Br)cc2C(F)(F)F)cn1. The molecule has 2 aromatic rings. The van der Waals surface area contributed by atoms with Crippen LogP contribution in [0.3, 0.4) is 0 Å². The van der Waals surface area contributed by atoms with Crippen molar-refractivity contribution in [1.82, 2.24) is 10.3 Å². The van der Waals surface area contributed by atoms with Crippen LogP contribution in [0.25, 0.3) is 0 Å². The number of hydrogen-bond acceptors (Lipinski definition) is 5. The maximum Gasteiger partial charge on any atom is 0.418 e. The summed E-state index contributed by atoms with van der Waals surface area (Å²) in [5.74, 6) is -0.926. The average Bonchev–Trinajstić information content (AvgIpc) is 3.19. The van der Waals surface area contributed by atoms with Gasteiger partial charge < -0.3 is 21.1 Å². The smallest absolute Gasteiger partial charge is 0.367 e. The maximum atomic E-state index is 13.3. The molecule has 1 aromatic carbocycles. The van der Waals surface area contributed by atoms with Crippen LogP contribution in [-0.4, -0.2) is 29.5 Å². The van der Waals surface area contributed by atoms with E-state index in [9.17, 15) is 22.8 Å². The number of aromatic nitrogens is 1. The molecular formula is C20H19BrF3N4O3. The summed E-state index contributed by atoms with van der Waals surface area (Å²) in [7, 11) is 0. The van der Waals surface area contributed by atoms with E-state index in [2.05, 4.69) is 31.5 Å². The summed E-state index contributed by atoms with van der Waals surface area (Å²) in [4.78, 5) is 28.0. The fourth-order valence-corrected chi connectivity index (χ4v) is 3.48. The third-order valence-corrected chi connectivity index (χ3v) is 5.16. The number of ether oxygens (including phenoxy) is 1. The lowest BCUT2D eigenvalue weighted by atomic mass is 9.99. The Kier molecular flexibility index (Phi) is 6.85. The van der Waals surface area contributed by atoms with Crippen molar-refractivity contribution in [2.24, 2.45) is 5.73 Å². The number of nitrogens with one attached hydrogen (secondary N) is 2. The molecule has 2 unspecified atom stereocenters. The monoisotopic (exact) mass is 499 g/mol. The van der Waals surface area contributed by atoms with Gasteiger partial charge in [0.15, 0.2) is 6.10 Å². The van der Waals surface area contributed by atoms with E-state index in [0.717, 1.165) is 6.07 Å². The first-order chi connectivity index (χ1) is 14.6. The lowest BCUT2D eigenvalue weighted by Gasteiger charge is -2.19. The van der Waals surface area contributed by atoms with Crippen molar-refractivity contribution >= 4 is 39.1 Å². The topological polar surface area (TPSA) is 106 Å². The Labute approximate surface area is 184 Å². The van der Waals surface area contributed by atoms with Crippen molar-refractivity contribution in [2.45, 2.75) is 31.7 Å². The minimum atomic E-state index is -4.53. The first-order valence-corrected chi connectivity index (χ1v) is 10.0. The predicted octanol–water partition coefficient (Wildman–Crippen LogP) is 3.63. The number of carbonyl (C=O) groups excluding carboxylic acids is 2. The molecule has 2 atom stereocenters. The Hall–Kier alpha value is -2.66. The van der Waals surface area contributed by atoms with Crippen LogP contribution in [0.1, 0.15) is 30.6 Å². The molecule has 1 fully saturated rings. The molecule has 11 heteroatoms. The summed E-state index contributed by atoms with van der Waals surface area (Å²) in [5, 5.41) is 5.44. The predicted molar refractivity (Wildman–Crippen MR) is 110 cm³/mol. The second-order valence-corrected chi connectivity index (χ2v) is 7.82. The maximum absolute atomic E-state index is 13.3. The van der Waals surface area contributed by atoms with Gasteiger partial charge in [0.25, 0.3) is 0 Å². The summed E-state index contributed by atoms with van der Waals surface area (Å²) < 4.78 is 45.3. The first kappa shape index (κ1) is 23.0. The number of nitrogens with zero attached hydrogens (tertiary/aromatic N) is 1. The molecule has 1 aromatic heterocycles. The zero-order valence-electron chi connectivity index (χ0n) is 16.3. The Balaban J connectivity index is 1.68. The van der Waals surface area contributed by atoms with Crippen LogP contribution in [0, 0.1) is 5.92 Å². The number of hydrogen-bond donors (Lipinski definition) is 3. The fraction of sp³-hybridized carbons (Fsp3) is 0.300. The lowest BCUT2D eigenvalue weighted by molar-refractivity contribution is -0.137. The van der Waals surface area contributed by atoms with E-state index in [-0.39, 0.29) is 18.2 Å². The van der Waals surface area contributed by atoms with Crippen LogP contribution in [0.4, 0.5) is 24.5 Å². The van der Waals surface area contributed by atoms with E-state index in [1.807, 2.05) is 0 Å². The van der Waals surface area contributed by atoms with E-state index in [1.165, 1.54) is 18.3 Å². The van der Waals surface area contributed by atoms with Gasteiger partial charge in [-0.3, -0.25) is 14.6 Å². The van der Waals surface area contributed by atoms with Crippen LogP contribution in [-0.2, 0) is 20.5 Å². The highest BCUT2D eigenvalue weighted by Crippen LogP contribution is 2.37. The summed E-state index contributed by atoms with van der Waals surface area (Å²) in [5.41, 5.74) is 5.15. The van der Waals surface area contributed by atoms with Crippen molar-refractivity contribution in [1.29, 1.82) is 0 Å². The Morgan fingerprint density at radius 2 is 2.03 bits per heavy atom. The molecule has 2 amide bonds. The van der Waals surface area contributed by atoms with Crippen LogP contribution >= 0.6 is 15.9 Å². The first-order valence-electron chi connectivity index (χ1n) is 9.23. The number of anilines is 2. The summed E-state index contributed by atoms with van der Waals surface area (Å²) in [6, 6.07) is 6.44. The molecule has 2 heterocycles. The highest BCUT2D eigenvalue weighted by molar-refractivity contribution is 9.10. The number of carbonyl (C=O) groups is 2. The fourth-order valence-electron chi connectivity index (χ4n) is 3.12. The van der Waals surface area contributed by atoms with Gasteiger partial charge in [-0.1, -0.05) is 15.9 Å². The second-order valence-electron chi connectivity index (χ2n) is 6.91. The number of primary amides is 1. The molecule has 4 N–H and O–H groups in total. The lowest BCUT2D eigenvalue weighted by Crippen LogP contribution is -2.41. The van der Waals surface area contributed by atoms with Crippen molar-refractivity contribution in [3.05, 3.63) is 58.2 Å². The molecule has 0 bridgehead atoms. The molecule has 0 saturated carbocycles. The Morgan fingerprint density at radius 3 is 2.65 bits per heavy atom. The molecule has 31 heavy (non-hydrogen) atoms. The number of benzene rings is 1. The molecular weight excluding hydrogens is 481 g/mol. The zero-order valence-corrected chi connectivity index (χ0v) is 17.9. The van der Waals surface area contributed by atoms with Crippen molar-refractivity contribution in [3.63, 3.8) is 0 Å². The van der Waals surface area contributed by atoms with Gasteiger partial charge in [0.05, 0.1) is 34.9 Å². The molecule has 165 valence electrons. The number of halogens is 4. The second kappa shape index (κ2) is 9.23. The van der Waals surface area contributed by atoms with Crippen LogP contribution in [0.2, 0.25) is 0 Å². The number of amides is 2. The van der Waals surface area contributed by atoms with Gasteiger partial charge in [-0.25, -0.2) is 0 Å². The molecule has 1 radical (unpaired) electrons. The van der Waals surface area contributed by atoms with E-state index in [4.69, 9.17) is 10.5 Å². The van der Waals surface area contributed by atoms with E-state index in [0.29, 0.717) is 22.3 Å². The van der Waals surface area contributed by atoms with Crippen LogP contribution in [0.5, 0.6) is 0 Å². The molecule has 1 aliphatic rings. The quantitative estimate of drug-likeness (QED) is 0.562. The highest BCUT2D eigenvalue weighted by atomic mass is 79.9. The van der Waals surface area contributed by atoms with Crippen molar-refractivity contribution < 1.29 is 27.5 Å². The van der Waals surface area contributed by atoms with Gasteiger partial charge in [0.1, 0.15) is 5.92 Å². The Morgan fingerprint density at radius 1 is 1.29 bits per heavy atom. The molecule has 1 saturated heterocycles. The van der Waals surface area contributed by atoms with E-state index < -0.39 is 35.7 Å². The van der Waals surface area contributed by atoms with E-state index in [1.54, 1.807) is 19.1 Å². The highest BCUT2D eigenvalue weighted by Gasteiger charge is 2.39. The number of alkyl halides is 3. The number of pyridine rings is 1. The van der Waals surface area contributed by atoms with Gasteiger partial charge in [-0.15, -0.1) is 0 Å². The van der Waals surface area contributed by atoms with Gasteiger partial charge in [-0.2, -0.15) is 13.2 Å². The van der Waals surface area contributed by atoms with Crippen molar-refractivity contribution in [3.8, 4) is 0 Å². The average molecular weight is 500 g/mol. The largest absolute Gasteiger partial charge is 0.418 e. The summed E-state index contributed by atoms with van der Waals surface area (Å²) in [6.07, 6.45) is -3.89. The number of rotatable bonds is 6. The summed E-state index contributed by atoms with van der Waals surface area (Å²) in [6.45, 7) is 1.93. The molecule has 0 spiro atoms. The normalized spacial score (nSPS) is 17.9. The minimum absolute atomic E-state index is 0.110. The van der Waals surface area contributed by atoms with Gasteiger partial charge in [0.2, 0.25) is 11.8 Å². The third kappa shape index (κ3) is 5.53. The molecule has 3 rings (SSSR count). The third-order valence-electron chi connectivity index (χ3n) is 4.67. The molecule has 1 aliphatic heterocycles. The standard InChI is InChI=1S/C20H19BrF3N4O3/c1-10(27-19(30)13-6-7-31-17(13)18(25)29)15-5-3-12(9-26-15)28-16-4-2-11(21)8-14(16)20(22,23)24/h2-5,8-10,17,28H,6-7H2,1H3,(H2,25,29)(H,27,30). The molecule has 7 nitrogen and oxygen atoms in total. The molecule has 0 aliphatic carbocycles. The Bertz CT molecular complexity index is 969. The van der Waals surface area contributed by atoms with E-state index >= 15 is 0 Å². The van der Waals surface area contributed by atoms with Crippen molar-refractivity contribution in [2.75, 3.05) is 11.9 Å². The minimum Gasteiger partial charge on any atom is -0.367 e.